The van der Waals surface area contributed by atoms with Crippen molar-refractivity contribution in [1.29, 1.82) is 0 Å². The molecule has 8 heteroatoms. The molecule has 0 aromatic heterocycles. The standard InChI is InChI=1S/C19H26ClFN2O3S/c1-14-4-3-9-22(12-14)19(24)15-7-10-23(11-8-15)27(25,26)13-16-17(20)5-2-6-18(16)21/h2,5-6,14-15H,3-4,7-13H2,1H3/t14-/m0/s1. The van der Waals surface area contributed by atoms with Gasteiger partial charge in [-0.1, -0.05) is 24.6 Å². The molecule has 2 heterocycles. The predicted octanol–water partition coefficient (Wildman–Crippen LogP) is 3.28. The summed E-state index contributed by atoms with van der Waals surface area (Å²) < 4.78 is 40.7. The highest BCUT2D eigenvalue weighted by molar-refractivity contribution is 7.88. The molecule has 3 rings (SSSR count). The molecule has 0 spiro atoms. The molecule has 0 radical (unpaired) electrons. The largest absolute Gasteiger partial charge is 0.342 e. The molecule has 2 aliphatic heterocycles. The summed E-state index contributed by atoms with van der Waals surface area (Å²) in [5.41, 5.74) is -0.000305. The number of sulfonamides is 1. The molecule has 2 aliphatic rings. The Bertz CT molecular complexity index is 774. The molecule has 1 aromatic rings. The van der Waals surface area contributed by atoms with E-state index in [1.807, 2.05) is 4.90 Å². The van der Waals surface area contributed by atoms with Crippen LogP contribution in [0, 0.1) is 17.7 Å². The van der Waals surface area contributed by atoms with E-state index < -0.39 is 21.6 Å². The zero-order valence-electron chi connectivity index (χ0n) is 15.5. The molecular weight excluding hydrogens is 391 g/mol. The maximum Gasteiger partial charge on any atom is 0.225 e. The van der Waals surface area contributed by atoms with Crippen molar-refractivity contribution in [2.75, 3.05) is 26.2 Å². The molecular formula is C19H26ClFN2O3S. The van der Waals surface area contributed by atoms with E-state index >= 15 is 0 Å². The predicted molar refractivity (Wildman–Crippen MR) is 103 cm³/mol. The van der Waals surface area contributed by atoms with Crippen molar-refractivity contribution in [2.45, 2.75) is 38.4 Å². The number of piperidine rings is 2. The quantitative estimate of drug-likeness (QED) is 0.756. The van der Waals surface area contributed by atoms with Crippen molar-refractivity contribution in [1.82, 2.24) is 9.21 Å². The molecule has 0 saturated carbocycles. The van der Waals surface area contributed by atoms with Gasteiger partial charge in [-0.2, -0.15) is 0 Å². The summed E-state index contributed by atoms with van der Waals surface area (Å²) in [5, 5.41) is 0.114. The maximum atomic E-state index is 13.9. The molecule has 0 aliphatic carbocycles. The molecule has 1 amide bonds. The van der Waals surface area contributed by atoms with Crippen LogP contribution in [0.25, 0.3) is 0 Å². The third-order valence-electron chi connectivity index (χ3n) is 5.55. The highest BCUT2D eigenvalue weighted by atomic mass is 35.5. The number of rotatable bonds is 4. The minimum atomic E-state index is -3.68. The van der Waals surface area contributed by atoms with Crippen LogP contribution in [0.1, 0.15) is 38.2 Å². The van der Waals surface area contributed by atoms with Gasteiger partial charge in [-0.15, -0.1) is 0 Å². The zero-order chi connectivity index (χ0) is 19.6. The van der Waals surface area contributed by atoms with E-state index in [-0.39, 0.29) is 35.5 Å². The number of carbonyl (C=O) groups is 1. The number of halogens is 2. The van der Waals surface area contributed by atoms with E-state index in [0.717, 1.165) is 25.9 Å². The van der Waals surface area contributed by atoms with Crippen molar-refractivity contribution >= 4 is 27.5 Å². The third-order valence-corrected chi connectivity index (χ3v) is 7.71. The molecule has 1 atom stereocenters. The van der Waals surface area contributed by atoms with Gasteiger partial charge in [0.1, 0.15) is 5.82 Å². The van der Waals surface area contributed by atoms with Gasteiger partial charge in [0.05, 0.1) is 5.75 Å². The third kappa shape index (κ3) is 4.81. The van der Waals surface area contributed by atoms with E-state index in [0.29, 0.717) is 18.8 Å². The topological polar surface area (TPSA) is 57.7 Å². The van der Waals surface area contributed by atoms with Gasteiger partial charge in [-0.3, -0.25) is 4.79 Å². The SMILES string of the molecule is C[C@H]1CCCN(C(=O)C2CCN(S(=O)(=O)Cc3c(F)cccc3Cl)CC2)C1. The lowest BCUT2D eigenvalue weighted by atomic mass is 9.93. The van der Waals surface area contributed by atoms with E-state index in [1.54, 1.807) is 0 Å². The van der Waals surface area contributed by atoms with Crippen LogP contribution in [-0.4, -0.2) is 49.7 Å². The summed E-state index contributed by atoms with van der Waals surface area (Å²) in [6.45, 7) is 4.32. The summed E-state index contributed by atoms with van der Waals surface area (Å²) in [7, 11) is -3.68. The average molecular weight is 417 g/mol. The highest BCUT2D eigenvalue weighted by Gasteiger charge is 2.34. The van der Waals surface area contributed by atoms with Crippen LogP contribution in [0.4, 0.5) is 4.39 Å². The Labute approximate surface area is 165 Å². The normalized spacial score (nSPS) is 22.8. The lowest BCUT2D eigenvalue weighted by Crippen LogP contribution is -2.47. The fraction of sp³-hybridized carbons (Fsp3) is 0.632. The maximum absolute atomic E-state index is 13.9. The Morgan fingerprint density at radius 1 is 1.22 bits per heavy atom. The molecule has 2 saturated heterocycles. The fourth-order valence-corrected chi connectivity index (χ4v) is 5.89. The van der Waals surface area contributed by atoms with E-state index in [2.05, 4.69) is 6.92 Å². The van der Waals surface area contributed by atoms with Gasteiger partial charge in [0.2, 0.25) is 15.9 Å². The summed E-state index contributed by atoms with van der Waals surface area (Å²) in [6, 6.07) is 4.15. The molecule has 1 aromatic carbocycles. The molecule has 150 valence electrons. The highest BCUT2D eigenvalue weighted by Crippen LogP contribution is 2.27. The van der Waals surface area contributed by atoms with Crippen molar-refractivity contribution in [3.05, 3.63) is 34.6 Å². The first-order valence-electron chi connectivity index (χ1n) is 9.47. The van der Waals surface area contributed by atoms with Crippen molar-refractivity contribution in [3.63, 3.8) is 0 Å². The number of benzene rings is 1. The second-order valence-electron chi connectivity index (χ2n) is 7.66. The van der Waals surface area contributed by atoms with Gasteiger partial charge >= 0.3 is 0 Å². The zero-order valence-corrected chi connectivity index (χ0v) is 17.1. The summed E-state index contributed by atoms with van der Waals surface area (Å²) >= 11 is 5.96. The fourth-order valence-electron chi connectivity index (χ4n) is 3.97. The van der Waals surface area contributed by atoms with Gasteiger partial charge in [0, 0.05) is 42.7 Å². The summed E-state index contributed by atoms with van der Waals surface area (Å²) in [4.78, 5) is 14.7. The van der Waals surface area contributed by atoms with E-state index in [4.69, 9.17) is 11.6 Å². The Morgan fingerprint density at radius 3 is 2.56 bits per heavy atom. The van der Waals surface area contributed by atoms with Crippen molar-refractivity contribution < 1.29 is 17.6 Å². The lowest BCUT2D eigenvalue weighted by Gasteiger charge is -2.36. The van der Waals surface area contributed by atoms with Crippen molar-refractivity contribution in [2.24, 2.45) is 11.8 Å². The molecule has 27 heavy (non-hydrogen) atoms. The minimum absolute atomic E-state index is 0.000305. The average Bonchev–Trinajstić information content (AvgIpc) is 2.64. The molecule has 0 bridgehead atoms. The smallest absolute Gasteiger partial charge is 0.225 e. The number of hydrogen-bond donors (Lipinski definition) is 0. The van der Waals surface area contributed by atoms with Crippen LogP contribution in [0.2, 0.25) is 5.02 Å². The number of nitrogens with zero attached hydrogens (tertiary/aromatic N) is 2. The van der Waals surface area contributed by atoms with Crippen LogP contribution >= 0.6 is 11.6 Å². The Hall–Kier alpha value is -1.18. The Morgan fingerprint density at radius 2 is 1.93 bits per heavy atom. The van der Waals surface area contributed by atoms with Crippen LogP contribution in [0.3, 0.4) is 0 Å². The summed E-state index contributed by atoms with van der Waals surface area (Å²) in [6.07, 6.45) is 3.20. The molecule has 5 nitrogen and oxygen atoms in total. The number of amides is 1. The van der Waals surface area contributed by atoms with Crippen molar-refractivity contribution in [3.8, 4) is 0 Å². The van der Waals surface area contributed by atoms with Gasteiger partial charge in [-0.25, -0.2) is 17.1 Å². The second-order valence-corrected chi connectivity index (χ2v) is 10.0. The van der Waals surface area contributed by atoms with E-state index in [9.17, 15) is 17.6 Å². The van der Waals surface area contributed by atoms with Crippen LogP contribution < -0.4 is 0 Å². The van der Waals surface area contributed by atoms with Crippen LogP contribution in [0.5, 0.6) is 0 Å². The number of hydrogen-bond acceptors (Lipinski definition) is 3. The number of carbonyl (C=O) groups excluding carboxylic acids is 1. The van der Waals surface area contributed by atoms with Crippen LogP contribution in [-0.2, 0) is 20.6 Å². The minimum Gasteiger partial charge on any atom is -0.342 e. The first-order valence-corrected chi connectivity index (χ1v) is 11.5. The number of likely N-dealkylation sites (tertiary alicyclic amines) is 1. The van der Waals surface area contributed by atoms with Gasteiger partial charge < -0.3 is 4.90 Å². The first-order chi connectivity index (χ1) is 12.8. The Balaban J connectivity index is 1.60. The molecule has 2 fully saturated rings. The molecule has 0 unspecified atom stereocenters. The van der Waals surface area contributed by atoms with Gasteiger partial charge in [-0.05, 0) is 43.7 Å². The Kier molecular flexibility index (Phi) is 6.43. The van der Waals surface area contributed by atoms with E-state index in [1.165, 1.54) is 22.5 Å². The monoisotopic (exact) mass is 416 g/mol. The second kappa shape index (κ2) is 8.45. The first kappa shape index (κ1) is 20.6. The van der Waals surface area contributed by atoms with Gasteiger partial charge in [0.25, 0.3) is 0 Å². The van der Waals surface area contributed by atoms with Gasteiger partial charge in [0.15, 0.2) is 0 Å². The summed E-state index contributed by atoms with van der Waals surface area (Å²) in [5.74, 6) is -0.528. The lowest BCUT2D eigenvalue weighted by molar-refractivity contribution is -0.138. The molecule has 0 N–H and O–H groups in total. The van der Waals surface area contributed by atoms with Crippen LogP contribution in [0.15, 0.2) is 18.2 Å².